The molecular formula is C23H27BrN8O. The summed E-state index contributed by atoms with van der Waals surface area (Å²) in [5, 5.41) is 7.61. The molecule has 0 radical (unpaired) electrons. The smallest absolute Gasteiger partial charge is 0.250 e. The topological polar surface area (TPSA) is 90.8 Å². The second-order valence-electron chi connectivity index (χ2n) is 7.85. The van der Waals surface area contributed by atoms with Crippen LogP contribution in [0.1, 0.15) is 11.1 Å². The van der Waals surface area contributed by atoms with Crippen molar-refractivity contribution in [3.05, 3.63) is 58.1 Å². The van der Waals surface area contributed by atoms with Crippen LogP contribution in [0.3, 0.4) is 0 Å². The number of morpholine rings is 1. The van der Waals surface area contributed by atoms with E-state index < -0.39 is 0 Å². The van der Waals surface area contributed by atoms with Crippen LogP contribution in [0.5, 0.6) is 0 Å². The summed E-state index contributed by atoms with van der Waals surface area (Å²) in [6.45, 7) is 4.77. The Bertz CT molecular complexity index is 1110. The van der Waals surface area contributed by atoms with Crippen molar-refractivity contribution in [3.8, 4) is 0 Å². The molecule has 2 N–H and O–H groups in total. The molecule has 1 aliphatic rings. The first-order valence-corrected chi connectivity index (χ1v) is 11.5. The lowest BCUT2D eigenvalue weighted by atomic mass is 10.2. The third-order valence-corrected chi connectivity index (χ3v) is 5.73. The third-order valence-electron chi connectivity index (χ3n) is 5.08. The van der Waals surface area contributed by atoms with Gasteiger partial charge in [-0.15, -0.1) is 0 Å². The zero-order chi connectivity index (χ0) is 23.2. The molecule has 33 heavy (non-hydrogen) atoms. The second-order valence-corrected chi connectivity index (χ2v) is 8.70. The summed E-state index contributed by atoms with van der Waals surface area (Å²) in [6, 6.07) is 14.2. The molecule has 0 bridgehead atoms. The number of halogens is 1. The van der Waals surface area contributed by atoms with Gasteiger partial charge < -0.3 is 19.9 Å². The number of aryl methyl sites for hydroxylation is 1. The first kappa shape index (κ1) is 22.9. The number of nitrogens with one attached hydrogen (secondary N) is 2. The Hall–Kier alpha value is -3.24. The van der Waals surface area contributed by atoms with Crippen molar-refractivity contribution >= 4 is 51.4 Å². The van der Waals surface area contributed by atoms with Gasteiger partial charge in [0.1, 0.15) is 0 Å². The fraction of sp³-hybridized carbons (Fsp3) is 0.304. The third kappa shape index (κ3) is 6.17. The number of rotatable bonds is 7. The lowest BCUT2D eigenvalue weighted by Gasteiger charge is -2.27. The van der Waals surface area contributed by atoms with Crippen LogP contribution < -0.4 is 20.5 Å². The van der Waals surface area contributed by atoms with Crippen molar-refractivity contribution in [2.45, 2.75) is 6.92 Å². The summed E-state index contributed by atoms with van der Waals surface area (Å²) in [6.07, 6.45) is 1.74. The Morgan fingerprint density at radius 1 is 1.03 bits per heavy atom. The lowest BCUT2D eigenvalue weighted by molar-refractivity contribution is 0.122. The molecule has 0 spiro atoms. The zero-order valence-electron chi connectivity index (χ0n) is 18.9. The highest BCUT2D eigenvalue weighted by Gasteiger charge is 2.17. The van der Waals surface area contributed by atoms with Crippen molar-refractivity contribution in [2.24, 2.45) is 5.10 Å². The molecule has 9 nitrogen and oxygen atoms in total. The van der Waals surface area contributed by atoms with Gasteiger partial charge in [0.2, 0.25) is 17.8 Å². The average molecular weight is 511 g/mol. The summed E-state index contributed by atoms with van der Waals surface area (Å²) in [4.78, 5) is 17.8. The van der Waals surface area contributed by atoms with E-state index in [1.165, 1.54) is 0 Å². The highest BCUT2D eigenvalue weighted by atomic mass is 79.9. The molecule has 2 heterocycles. The number of hydrogen-bond donors (Lipinski definition) is 2. The number of anilines is 5. The molecule has 1 aromatic heterocycles. The average Bonchev–Trinajstić information content (AvgIpc) is 2.82. The van der Waals surface area contributed by atoms with E-state index in [0.717, 1.165) is 40.1 Å². The van der Waals surface area contributed by atoms with Gasteiger partial charge in [0.25, 0.3) is 0 Å². The number of ether oxygens (including phenoxy) is 1. The van der Waals surface area contributed by atoms with Crippen molar-refractivity contribution in [1.82, 2.24) is 15.0 Å². The van der Waals surface area contributed by atoms with E-state index in [0.29, 0.717) is 31.1 Å². The number of benzene rings is 2. The van der Waals surface area contributed by atoms with Crippen LogP contribution in [0.4, 0.5) is 29.2 Å². The summed E-state index contributed by atoms with van der Waals surface area (Å²) in [7, 11) is 4.02. The van der Waals surface area contributed by atoms with Crippen molar-refractivity contribution < 1.29 is 4.74 Å². The molecule has 1 saturated heterocycles. The SMILES string of the molecule is Cc1ccc(Nc2nc(N/N=C\c3ccc(N(C)C)cc3)nc(N3CCOCC3)n2)c(Br)c1. The van der Waals surface area contributed by atoms with Crippen LogP contribution in [0, 0.1) is 6.92 Å². The normalized spacial score (nSPS) is 13.9. The molecule has 2 aromatic carbocycles. The van der Waals surface area contributed by atoms with Gasteiger partial charge in [0, 0.05) is 37.3 Å². The minimum Gasteiger partial charge on any atom is -0.378 e. The van der Waals surface area contributed by atoms with Gasteiger partial charge in [-0.3, -0.25) is 0 Å². The first-order chi connectivity index (χ1) is 16.0. The summed E-state index contributed by atoms with van der Waals surface area (Å²) in [5.41, 5.74) is 7.08. The maximum absolute atomic E-state index is 5.46. The highest BCUT2D eigenvalue weighted by Crippen LogP contribution is 2.26. The quantitative estimate of drug-likeness (QED) is 0.363. The fourth-order valence-corrected chi connectivity index (χ4v) is 3.83. The Morgan fingerprint density at radius 2 is 1.76 bits per heavy atom. The fourth-order valence-electron chi connectivity index (χ4n) is 3.24. The van der Waals surface area contributed by atoms with Gasteiger partial charge in [0.05, 0.1) is 25.1 Å². The van der Waals surface area contributed by atoms with Gasteiger partial charge >= 0.3 is 0 Å². The second kappa shape index (κ2) is 10.6. The summed E-state index contributed by atoms with van der Waals surface area (Å²) >= 11 is 3.60. The molecule has 1 aliphatic heterocycles. The van der Waals surface area contributed by atoms with E-state index in [1.54, 1.807) is 6.21 Å². The van der Waals surface area contributed by atoms with Crippen LogP contribution in [-0.4, -0.2) is 61.6 Å². The molecule has 0 amide bonds. The molecule has 0 unspecified atom stereocenters. The molecule has 0 aliphatic carbocycles. The predicted molar refractivity (Wildman–Crippen MR) is 137 cm³/mol. The van der Waals surface area contributed by atoms with Crippen LogP contribution in [0.15, 0.2) is 52.0 Å². The van der Waals surface area contributed by atoms with Gasteiger partial charge in [-0.05, 0) is 58.2 Å². The predicted octanol–water partition coefficient (Wildman–Crippen LogP) is 4.03. The van der Waals surface area contributed by atoms with Crippen molar-refractivity contribution in [2.75, 3.05) is 60.9 Å². The van der Waals surface area contributed by atoms with E-state index in [2.05, 4.69) is 56.5 Å². The lowest BCUT2D eigenvalue weighted by Crippen LogP contribution is -2.37. The van der Waals surface area contributed by atoms with Gasteiger partial charge in [0.15, 0.2) is 0 Å². The highest BCUT2D eigenvalue weighted by molar-refractivity contribution is 9.10. The largest absolute Gasteiger partial charge is 0.378 e. The van der Waals surface area contributed by atoms with Gasteiger partial charge in [-0.1, -0.05) is 18.2 Å². The number of hydrogen-bond acceptors (Lipinski definition) is 9. The van der Waals surface area contributed by atoms with E-state index in [9.17, 15) is 0 Å². The van der Waals surface area contributed by atoms with Gasteiger partial charge in [-0.2, -0.15) is 20.1 Å². The van der Waals surface area contributed by atoms with E-state index in [4.69, 9.17) is 4.74 Å². The zero-order valence-corrected chi connectivity index (χ0v) is 20.5. The molecule has 0 atom stereocenters. The molecule has 3 aromatic rings. The number of nitrogens with zero attached hydrogens (tertiary/aromatic N) is 6. The summed E-state index contributed by atoms with van der Waals surface area (Å²) in [5.74, 6) is 1.37. The Labute approximate surface area is 202 Å². The Balaban J connectivity index is 1.55. The van der Waals surface area contributed by atoms with Crippen LogP contribution in [-0.2, 0) is 4.74 Å². The van der Waals surface area contributed by atoms with Gasteiger partial charge in [-0.25, -0.2) is 5.43 Å². The van der Waals surface area contributed by atoms with Crippen LogP contribution in [0.2, 0.25) is 0 Å². The molecular weight excluding hydrogens is 484 g/mol. The molecule has 10 heteroatoms. The minimum atomic E-state index is 0.360. The standard InChI is InChI=1S/C23H27BrN8O/c1-16-4-9-20(19(24)14-16)26-21-27-22(29-23(28-21)32-10-12-33-13-11-32)30-25-15-17-5-7-18(8-6-17)31(2)3/h4-9,14-15H,10-13H2,1-3H3,(H2,26,27,28,29,30)/b25-15-. The number of aromatic nitrogens is 3. The van der Waals surface area contributed by atoms with Crippen LogP contribution >= 0.6 is 15.9 Å². The Kier molecular flexibility index (Phi) is 7.36. The minimum absolute atomic E-state index is 0.360. The Morgan fingerprint density at radius 3 is 2.45 bits per heavy atom. The van der Waals surface area contributed by atoms with Crippen LogP contribution in [0.25, 0.3) is 0 Å². The molecule has 4 rings (SSSR count). The summed E-state index contributed by atoms with van der Waals surface area (Å²) < 4.78 is 6.40. The first-order valence-electron chi connectivity index (χ1n) is 10.7. The molecule has 172 valence electrons. The molecule has 0 saturated carbocycles. The van der Waals surface area contributed by atoms with Crippen molar-refractivity contribution in [3.63, 3.8) is 0 Å². The van der Waals surface area contributed by atoms with E-state index >= 15 is 0 Å². The van der Waals surface area contributed by atoms with E-state index in [-0.39, 0.29) is 0 Å². The monoisotopic (exact) mass is 510 g/mol. The maximum atomic E-state index is 5.46. The number of hydrazone groups is 1. The van der Waals surface area contributed by atoms with Crippen molar-refractivity contribution in [1.29, 1.82) is 0 Å². The maximum Gasteiger partial charge on any atom is 0.250 e. The van der Waals surface area contributed by atoms with E-state index in [1.807, 2.05) is 63.5 Å². The molecule has 1 fully saturated rings.